The van der Waals surface area contributed by atoms with Gasteiger partial charge in [0.15, 0.2) is 11.5 Å². The highest BCUT2D eigenvalue weighted by Gasteiger charge is 2.26. The highest BCUT2D eigenvalue weighted by Crippen LogP contribution is 2.43. The van der Waals surface area contributed by atoms with Gasteiger partial charge in [-0.2, -0.15) is 0 Å². The van der Waals surface area contributed by atoms with Gasteiger partial charge in [-0.25, -0.2) is 9.59 Å². The SMILES string of the molecule is CCOC(=O)Oc1c(C)nc(C)c(OC(=O)OC(C)C)c1-c1cccc([N+](=O)[O-])c1. The maximum atomic E-state index is 12.1. The minimum absolute atomic E-state index is 0.0492. The van der Waals surface area contributed by atoms with Crippen molar-refractivity contribution in [1.29, 1.82) is 0 Å². The molecule has 2 rings (SSSR count). The van der Waals surface area contributed by atoms with E-state index in [1.54, 1.807) is 40.7 Å². The van der Waals surface area contributed by atoms with Crippen LogP contribution in [0.3, 0.4) is 0 Å². The number of non-ortho nitro benzene ring substituents is 1. The normalized spacial score (nSPS) is 10.5. The van der Waals surface area contributed by atoms with Crippen molar-refractivity contribution >= 4 is 18.0 Å². The predicted octanol–water partition coefficient (Wildman–Crippen LogP) is 4.73. The Morgan fingerprint density at radius 2 is 1.70 bits per heavy atom. The largest absolute Gasteiger partial charge is 0.514 e. The molecule has 1 aromatic carbocycles. The predicted molar refractivity (Wildman–Crippen MR) is 106 cm³/mol. The van der Waals surface area contributed by atoms with Crippen LogP contribution in [0.15, 0.2) is 24.3 Å². The summed E-state index contributed by atoms with van der Waals surface area (Å²) in [7, 11) is 0. The lowest BCUT2D eigenvalue weighted by Crippen LogP contribution is -2.18. The molecule has 0 saturated heterocycles. The molecule has 0 N–H and O–H groups in total. The average molecular weight is 418 g/mol. The van der Waals surface area contributed by atoms with E-state index in [1.807, 2.05) is 0 Å². The Morgan fingerprint density at radius 3 is 2.23 bits per heavy atom. The fraction of sp³-hybridized carbons (Fsp3) is 0.350. The van der Waals surface area contributed by atoms with Crippen LogP contribution in [0.25, 0.3) is 11.1 Å². The first-order valence-electron chi connectivity index (χ1n) is 9.13. The molecule has 0 aliphatic carbocycles. The van der Waals surface area contributed by atoms with Gasteiger partial charge in [0.2, 0.25) is 0 Å². The first kappa shape index (κ1) is 22.6. The fourth-order valence-electron chi connectivity index (χ4n) is 2.64. The first-order chi connectivity index (χ1) is 14.1. The minimum atomic E-state index is -0.993. The van der Waals surface area contributed by atoms with Crippen molar-refractivity contribution in [3.05, 3.63) is 45.8 Å². The molecule has 1 heterocycles. The Labute approximate surface area is 172 Å². The molecule has 0 atom stereocenters. The van der Waals surface area contributed by atoms with Crippen LogP contribution in [0.4, 0.5) is 15.3 Å². The Hall–Kier alpha value is -3.69. The standard InChI is InChI=1S/C20H22N2O8/c1-6-27-19(23)29-17-12(4)21-13(5)18(30-20(24)28-11(2)3)16(17)14-8-7-9-15(10-14)22(25)26/h7-11H,6H2,1-5H3. The number of benzene rings is 1. The monoisotopic (exact) mass is 418 g/mol. The highest BCUT2D eigenvalue weighted by atomic mass is 16.7. The van der Waals surface area contributed by atoms with E-state index in [9.17, 15) is 19.7 Å². The third kappa shape index (κ3) is 5.43. The van der Waals surface area contributed by atoms with Crippen LogP contribution in [0, 0.1) is 24.0 Å². The molecule has 0 spiro atoms. The van der Waals surface area contributed by atoms with E-state index >= 15 is 0 Å². The molecule has 0 fully saturated rings. The highest BCUT2D eigenvalue weighted by molar-refractivity contribution is 5.84. The van der Waals surface area contributed by atoms with Gasteiger partial charge in [-0.15, -0.1) is 0 Å². The second kappa shape index (κ2) is 9.68. The van der Waals surface area contributed by atoms with E-state index < -0.39 is 23.3 Å². The van der Waals surface area contributed by atoms with Crippen molar-refractivity contribution < 1.29 is 33.5 Å². The van der Waals surface area contributed by atoms with Gasteiger partial charge in [-0.05, 0) is 40.2 Å². The number of hydrogen-bond acceptors (Lipinski definition) is 9. The number of hydrogen-bond donors (Lipinski definition) is 0. The molecule has 0 unspecified atom stereocenters. The van der Waals surface area contributed by atoms with Crippen molar-refractivity contribution in [3.8, 4) is 22.6 Å². The first-order valence-corrected chi connectivity index (χ1v) is 9.13. The minimum Gasteiger partial charge on any atom is -0.434 e. The van der Waals surface area contributed by atoms with Crippen LogP contribution in [0.1, 0.15) is 32.2 Å². The van der Waals surface area contributed by atoms with Crippen molar-refractivity contribution in [1.82, 2.24) is 4.98 Å². The number of aromatic nitrogens is 1. The van der Waals surface area contributed by atoms with E-state index in [1.165, 1.54) is 18.2 Å². The van der Waals surface area contributed by atoms with Crippen molar-refractivity contribution in [2.24, 2.45) is 0 Å². The third-order valence-electron chi connectivity index (χ3n) is 3.76. The maximum absolute atomic E-state index is 12.1. The van der Waals surface area contributed by atoms with Gasteiger partial charge in [-0.1, -0.05) is 12.1 Å². The van der Waals surface area contributed by atoms with E-state index in [0.717, 1.165) is 0 Å². The van der Waals surface area contributed by atoms with Gasteiger partial charge in [-0.3, -0.25) is 15.1 Å². The summed E-state index contributed by atoms with van der Waals surface area (Å²) in [6.45, 7) is 8.15. The molecule has 0 aliphatic rings. The molecule has 1 aromatic heterocycles. The summed E-state index contributed by atoms with van der Waals surface area (Å²) >= 11 is 0. The lowest BCUT2D eigenvalue weighted by atomic mass is 10.0. The Morgan fingerprint density at radius 1 is 1.10 bits per heavy atom. The molecule has 10 nitrogen and oxygen atoms in total. The summed E-state index contributed by atoms with van der Waals surface area (Å²) < 4.78 is 20.5. The Kier molecular flexibility index (Phi) is 7.29. The molecule has 0 saturated carbocycles. The number of pyridine rings is 1. The molecule has 2 aromatic rings. The van der Waals surface area contributed by atoms with Crippen molar-refractivity contribution in [2.45, 2.75) is 40.7 Å². The summed E-state index contributed by atoms with van der Waals surface area (Å²) in [5.74, 6) is -0.0991. The van der Waals surface area contributed by atoms with Gasteiger partial charge >= 0.3 is 12.3 Å². The molecule has 10 heteroatoms. The molecular weight excluding hydrogens is 396 g/mol. The van der Waals surface area contributed by atoms with Gasteiger partial charge in [0, 0.05) is 12.1 Å². The van der Waals surface area contributed by atoms with Gasteiger partial charge in [0.1, 0.15) is 0 Å². The number of nitro benzene ring substituents is 1. The number of carbonyl (C=O) groups is 2. The Bertz CT molecular complexity index is 972. The molecule has 0 radical (unpaired) electrons. The zero-order valence-electron chi connectivity index (χ0n) is 17.3. The number of ether oxygens (including phenoxy) is 4. The van der Waals surface area contributed by atoms with E-state index in [4.69, 9.17) is 18.9 Å². The maximum Gasteiger partial charge on any atom is 0.514 e. The Balaban J connectivity index is 2.71. The average Bonchev–Trinajstić information content (AvgIpc) is 2.65. The zero-order chi connectivity index (χ0) is 22.4. The van der Waals surface area contributed by atoms with Gasteiger partial charge in [0.05, 0.1) is 34.6 Å². The molecule has 0 amide bonds. The fourth-order valence-corrected chi connectivity index (χ4v) is 2.64. The van der Waals surface area contributed by atoms with Gasteiger partial charge in [0.25, 0.3) is 5.69 Å². The summed E-state index contributed by atoms with van der Waals surface area (Å²) in [5.41, 5.74) is 0.817. The second-order valence-electron chi connectivity index (χ2n) is 6.43. The van der Waals surface area contributed by atoms with Crippen LogP contribution in [0.5, 0.6) is 11.5 Å². The van der Waals surface area contributed by atoms with Crippen molar-refractivity contribution in [2.75, 3.05) is 6.61 Å². The van der Waals surface area contributed by atoms with E-state index in [2.05, 4.69) is 4.98 Å². The zero-order valence-corrected chi connectivity index (χ0v) is 17.3. The van der Waals surface area contributed by atoms with Crippen LogP contribution >= 0.6 is 0 Å². The number of carbonyl (C=O) groups excluding carboxylic acids is 2. The summed E-state index contributed by atoms with van der Waals surface area (Å²) in [4.78, 5) is 39.0. The number of rotatable bonds is 6. The number of aryl methyl sites for hydroxylation is 2. The number of nitrogens with zero attached hydrogens (tertiary/aromatic N) is 2. The summed E-state index contributed by atoms with van der Waals surface area (Å²) in [6.07, 6.45) is -2.42. The smallest absolute Gasteiger partial charge is 0.434 e. The van der Waals surface area contributed by atoms with Crippen LogP contribution < -0.4 is 9.47 Å². The number of nitro groups is 1. The quantitative estimate of drug-likeness (QED) is 0.371. The molecular formula is C20H22N2O8. The molecule has 160 valence electrons. The second-order valence-corrected chi connectivity index (χ2v) is 6.43. The van der Waals surface area contributed by atoms with Crippen LogP contribution in [-0.2, 0) is 9.47 Å². The molecule has 0 bridgehead atoms. The van der Waals surface area contributed by atoms with Crippen molar-refractivity contribution in [3.63, 3.8) is 0 Å². The summed E-state index contributed by atoms with van der Waals surface area (Å²) in [6, 6.07) is 5.60. The third-order valence-corrected chi connectivity index (χ3v) is 3.76. The van der Waals surface area contributed by atoms with Crippen LogP contribution in [-0.4, -0.2) is 34.9 Å². The molecule has 0 aliphatic heterocycles. The van der Waals surface area contributed by atoms with Crippen LogP contribution in [0.2, 0.25) is 0 Å². The van der Waals surface area contributed by atoms with E-state index in [-0.39, 0.29) is 34.9 Å². The lowest BCUT2D eigenvalue weighted by Gasteiger charge is -2.18. The summed E-state index contributed by atoms with van der Waals surface area (Å²) in [5, 5.41) is 11.2. The van der Waals surface area contributed by atoms with Gasteiger partial charge < -0.3 is 18.9 Å². The van der Waals surface area contributed by atoms with E-state index in [0.29, 0.717) is 11.4 Å². The molecule has 30 heavy (non-hydrogen) atoms. The lowest BCUT2D eigenvalue weighted by molar-refractivity contribution is -0.384. The topological polar surface area (TPSA) is 127 Å².